The molecule has 0 heterocycles. The largest absolute Gasteiger partial charge is 0.455 e. The Kier molecular flexibility index (Phi) is 3.14. The van der Waals surface area contributed by atoms with E-state index in [2.05, 4.69) is 0 Å². The Morgan fingerprint density at radius 1 is 1.13 bits per heavy atom. The lowest BCUT2D eigenvalue weighted by atomic mass is 10.1. The van der Waals surface area contributed by atoms with Gasteiger partial charge in [0.1, 0.15) is 5.75 Å². The smallest absolute Gasteiger partial charge is 0.159 e. The van der Waals surface area contributed by atoms with Gasteiger partial charge in [-0.15, -0.1) is 0 Å². The second-order valence-corrected chi connectivity index (χ2v) is 4.07. The molecule has 0 aromatic heterocycles. The fourth-order valence-corrected chi connectivity index (χ4v) is 1.87. The zero-order valence-electron chi connectivity index (χ0n) is 7.97. The van der Waals surface area contributed by atoms with Gasteiger partial charge in [0.2, 0.25) is 0 Å². The van der Waals surface area contributed by atoms with Crippen molar-refractivity contribution in [3.8, 4) is 5.75 Å². The third kappa shape index (κ3) is 2.43. The van der Waals surface area contributed by atoms with Crippen molar-refractivity contribution in [1.82, 2.24) is 0 Å². The Morgan fingerprint density at radius 2 is 1.87 bits per heavy atom. The predicted molar refractivity (Wildman–Crippen MR) is 68.0 cm³/mol. The normalized spacial score (nSPS) is 15.6. The first kappa shape index (κ1) is 10.3. The molecule has 0 bridgehead atoms. The number of ether oxygens (including phenoxy) is 1. The topological polar surface area (TPSA) is 9.23 Å². The first-order chi connectivity index (χ1) is 7.27. The molecule has 1 aromatic rings. The van der Waals surface area contributed by atoms with Crippen molar-refractivity contribution < 1.29 is 4.74 Å². The third-order valence-corrected chi connectivity index (χ3v) is 2.69. The maximum Gasteiger partial charge on any atom is 0.159 e. The van der Waals surface area contributed by atoms with Crippen LogP contribution in [0.1, 0.15) is 6.42 Å². The third-order valence-electron chi connectivity index (χ3n) is 2.01. The van der Waals surface area contributed by atoms with Crippen LogP contribution in [0, 0.1) is 0 Å². The van der Waals surface area contributed by atoms with Gasteiger partial charge in [0.05, 0.1) is 9.77 Å². The Balaban J connectivity index is 2.25. The molecule has 2 rings (SSSR count). The Labute approximate surface area is 99.9 Å². The van der Waals surface area contributed by atoms with Gasteiger partial charge in [-0.05, 0) is 18.2 Å². The standard InChI is InChI=1S/C12H9OS2/c14-10-7-4-8-11(15)12(10)13-9-5-2-1-3-6-9/h1-7H,8H2. The summed E-state index contributed by atoms with van der Waals surface area (Å²) in [7, 11) is 0. The summed E-state index contributed by atoms with van der Waals surface area (Å²) in [4.78, 5) is 1.45. The minimum atomic E-state index is 0.647. The molecular formula is C12H9OS2. The SMILES string of the molecule is [S]C1=C(Oc2ccccc2)C(=S)CC=C1. The van der Waals surface area contributed by atoms with Gasteiger partial charge < -0.3 is 4.74 Å². The summed E-state index contributed by atoms with van der Waals surface area (Å²) in [6.45, 7) is 0. The fourth-order valence-electron chi connectivity index (χ4n) is 1.29. The van der Waals surface area contributed by atoms with E-state index in [0.717, 1.165) is 17.0 Å². The highest BCUT2D eigenvalue weighted by Crippen LogP contribution is 2.23. The van der Waals surface area contributed by atoms with Crippen molar-refractivity contribution >= 4 is 29.7 Å². The highest BCUT2D eigenvalue weighted by atomic mass is 32.1. The molecule has 0 N–H and O–H groups in total. The lowest BCUT2D eigenvalue weighted by molar-refractivity contribution is 0.453. The molecule has 15 heavy (non-hydrogen) atoms. The van der Waals surface area contributed by atoms with Crippen LogP contribution in [0.2, 0.25) is 0 Å². The van der Waals surface area contributed by atoms with Crippen LogP contribution >= 0.6 is 24.8 Å². The van der Waals surface area contributed by atoms with E-state index >= 15 is 0 Å². The van der Waals surface area contributed by atoms with Gasteiger partial charge in [0, 0.05) is 6.42 Å². The van der Waals surface area contributed by atoms with Crippen molar-refractivity contribution in [3.05, 3.63) is 53.1 Å². The Hall–Kier alpha value is -1.19. The fraction of sp³-hybridized carbons (Fsp3) is 0.0833. The second-order valence-electron chi connectivity index (χ2n) is 3.14. The van der Waals surface area contributed by atoms with Crippen molar-refractivity contribution in [2.45, 2.75) is 6.42 Å². The molecule has 75 valence electrons. The quantitative estimate of drug-likeness (QED) is 0.718. The molecule has 0 amide bonds. The van der Waals surface area contributed by atoms with Crippen molar-refractivity contribution in [3.63, 3.8) is 0 Å². The van der Waals surface area contributed by atoms with Gasteiger partial charge in [-0.3, -0.25) is 0 Å². The van der Waals surface area contributed by atoms with Crippen LogP contribution in [-0.2, 0) is 0 Å². The molecular weight excluding hydrogens is 224 g/mol. The maximum absolute atomic E-state index is 5.66. The van der Waals surface area contributed by atoms with Crippen molar-refractivity contribution in [1.29, 1.82) is 0 Å². The van der Waals surface area contributed by atoms with E-state index in [4.69, 9.17) is 29.6 Å². The summed E-state index contributed by atoms with van der Waals surface area (Å²) in [6.07, 6.45) is 4.56. The summed E-state index contributed by atoms with van der Waals surface area (Å²) >= 11 is 10.4. The molecule has 0 unspecified atom stereocenters. The number of hydrogen-bond donors (Lipinski definition) is 0. The molecule has 1 aliphatic rings. The molecule has 3 heteroatoms. The summed E-state index contributed by atoms with van der Waals surface area (Å²) < 4.78 is 5.66. The van der Waals surface area contributed by atoms with E-state index in [1.54, 1.807) is 0 Å². The summed E-state index contributed by atoms with van der Waals surface area (Å²) in [5, 5.41) is 0. The van der Waals surface area contributed by atoms with Gasteiger partial charge in [0.25, 0.3) is 0 Å². The van der Waals surface area contributed by atoms with E-state index in [1.807, 2.05) is 42.5 Å². The molecule has 0 spiro atoms. The van der Waals surface area contributed by atoms with Gasteiger partial charge >= 0.3 is 0 Å². The van der Waals surface area contributed by atoms with Gasteiger partial charge in [-0.1, -0.05) is 49.1 Å². The first-order valence-electron chi connectivity index (χ1n) is 4.61. The lowest BCUT2D eigenvalue weighted by Crippen LogP contribution is -2.10. The zero-order chi connectivity index (χ0) is 10.7. The lowest BCUT2D eigenvalue weighted by Gasteiger charge is -2.14. The summed E-state index contributed by atoms with van der Waals surface area (Å²) in [5.41, 5.74) is 0. The Bertz CT molecular complexity index is 432. The summed E-state index contributed by atoms with van der Waals surface area (Å²) in [6, 6.07) is 9.54. The molecule has 1 aliphatic carbocycles. The van der Waals surface area contributed by atoms with E-state index in [0.29, 0.717) is 10.7 Å². The van der Waals surface area contributed by atoms with E-state index in [-0.39, 0.29) is 0 Å². The number of allylic oxidation sites excluding steroid dienone is 3. The molecule has 0 fully saturated rings. The molecule has 0 aliphatic heterocycles. The number of para-hydroxylation sites is 1. The first-order valence-corrected chi connectivity index (χ1v) is 5.43. The van der Waals surface area contributed by atoms with Crippen molar-refractivity contribution in [2.24, 2.45) is 0 Å². The molecule has 1 radical (unpaired) electrons. The van der Waals surface area contributed by atoms with Crippen LogP contribution in [0.25, 0.3) is 0 Å². The average Bonchev–Trinajstić information content (AvgIpc) is 2.25. The number of thiocarbonyl (C=S) groups is 1. The number of rotatable bonds is 2. The summed E-state index contributed by atoms with van der Waals surface area (Å²) in [5.74, 6) is 1.42. The van der Waals surface area contributed by atoms with E-state index in [9.17, 15) is 0 Å². The monoisotopic (exact) mass is 233 g/mol. The average molecular weight is 233 g/mol. The van der Waals surface area contributed by atoms with Crippen LogP contribution in [0.5, 0.6) is 5.75 Å². The van der Waals surface area contributed by atoms with Crippen molar-refractivity contribution in [2.75, 3.05) is 0 Å². The molecule has 0 saturated heterocycles. The number of hydrogen-bond acceptors (Lipinski definition) is 2. The Morgan fingerprint density at radius 3 is 2.53 bits per heavy atom. The predicted octanol–water partition coefficient (Wildman–Crippen LogP) is 3.80. The second kappa shape index (κ2) is 4.55. The van der Waals surface area contributed by atoms with Crippen LogP contribution in [0.4, 0.5) is 0 Å². The van der Waals surface area contributed by atoms with E-state index < -0.39 is 0 Å². The highest BCUT2D eigenvalue weighted by Gasteiger charge is 2.14. The van der Waals surface area contributed by atoms with Gasteiger partial charge in [0.15, 0.2) is 5.76 Å². The van der Waals surface area contributed by atoms with Gasteiger partial charge in [-0.25, -0.2) is 0 Å². The molecule has 0 saturated carbocycles. The minimum absolute atomic E-state index is 0.647. The molecule has 0 atom stereocenters. The highest BCUT2D eigenvalue weighted by molar-refractivity contribution is 7.85. The number of benzene rings is 1. The molecule has 1 aromatic carbocycles. The van der Waals surface area contributed by atoms with Crippen LogP contribution in [-0.4, -0.2) is 4.86 Å². The van der Waals surface area contributed by atoms with E-state index in [1.165, 1.54) is 0 Å². The van der Waals surface area contributed by atoms with Crippen LogP contribution in [0.3, 0.4) is 0 Å². The van der Waals surface area contributed by atoms with Crippen LogP contribution < -0.4 is 4.74 Å². The molecule has 1 nitrogen and oxygen atoms in total. The minimum Gasteiger partial charge on any atom is -0.455 e. The zero-order valence-corrected chi connectivity index (χ0v) is 9.61. The maximum atomic E-state index is 5.66. The van der Waals surface area contributed by atoms with Gasteiger partial charge in [-0.2, -0.15) is 0 Å². The van der Waals surface area contributed by atoms with Crippen LogP contribution in [0.15, 0.2) is 53.1 Å².